The fourth-order valence-electron chi connectivity index (χ4n) is 2.35. The maximum atomic E-state index is 12.1. The van der Waals surface area contributed by atoms with E-state index in [-0.39, 0.29) is 12.3 Å². The summed E-state index contributed by atoms with van der Waals surface area (Å²) in [6, 6.07) is 14.8. The van der Waals surface area contributed by atoms with E-state index in [9.17, 15) is 4.79 Å². The fourth-order valence-corrected chi connectivity index (χ4v) is 2.48. The first kappa shape index (κ1) is 17.9. The van der Waals surface area contributed by atoms with Crippen molar-refractivity contribution in [2.24, 2.45) is 0 Å². The maximum absolute atomic E-state index is 12.1. The third-order valence-corrected chi connectivity index (χ3v) is 4.04. The molecule has 134 valence electrons. The van der Waals surface area contributed by atoms with Crippen molar-refractivity contribution in [1.82, 2.24) is 10.2 Å². The van der Waals surface area contributed by atoms with Crippen LogP contribution in [0.5, 0.6) is 0 Å². The molecule has 0 radical (unpaired) electrons. The van der Waals surface area contributed by atoms with Crippen LogP contribution in [0.15, 0.2) is 52.9 Å². The van der Waals surface area contributed by atoms with Crippen LogP contribution in [0.2, 0.25) is 5.02 Å². The Balaban J connectivity index is 1.54. The van der Waals surface area contributed by atoms with Crippen LogP contribution < -0.4 is 10.2 Å². The Morgan fingerprint density at radius 2 is 1.77 bits per heavy atom. The van der Waals surface area contributed by atoms with Crippen molar-refractivity contribution < 1.29 is 9.21 Å². The van der Waals surface area contributed by atoms with Gasteiger partial charge in [-0.3, -0.25) is 4.79 Å². The number of nitrogens with one attached hydrogen (secondary N) is 1. The lowest BCUT2D eigenvalue weighted by Crippen LogP contribution is -2.13. The van der Waals surface area contributed by atoms with Gasteiger partial charge in [-0.25, -0.2) is 0 Å². The summed E-state index contributed by atoms with van der Waals surface area (Å²) in [5, 5.41) is 11.5. The molecule has 7 heteroatoms. The van der Waals surface area contributed by atoms with Gasteiger partial charge in [-0.15, -0.1) is 10.2 Å². The van der Waals surface area contributed by atoms with Crippen molar-refractivity contribution >= 4 is 28.9 Å². The molecule has 1 N–H and O–H groups in total. The first-order valence-corrected chi connectivity index (χ1v) is 8.54. The number of anilines is 2. The quantitative estimate of drug-likeness (QED) is 0.709. The van der Waals surface area contributed by atoms with Crippen molar-refractivity contribution in [3.63, 3.8) is 0 Å². The highest BCUT2D eigenvalue weighted by Gasteiger charge is 2.11. The molecule has 0 saturated carbocycles. The van der Waals surface area contributed by atoms with E-state index in [4.69, 9.17) is 16.0 Å². The topological polar surface area (TPSA) is 71.3 Å². The second-order valence-corrected chi connectivity index (χ2v) is 6.43. The van der Waals surface area contributed by atoms with Gasteiger partial charge < -0.3 is 14.6 Å². The molecule has 1 amide bonds. The molecule has 2 aromatic carbocycles. The number of amides is 1. The average molecular weight is 371 g/mol. The predicted octanol–water partition coefficient (Wildman–Crippen LogP) is 4.03. The van der Waals surface area contributed by atoms with Gasteiger partial charge in [0.05, 0.1) is 0 Å². The highest BCUT2D eigenvalue weighted by molar-refractivity contribution is 6.30. The van der Waals surface area contributed by atoms with Crippen LogP contribution in [-0.2, 0) is 11.2 Å². The number of hydrogen-bond donors (Lipinski definition) is 1. The van der Waals surface area contributed by atoms with Crippen LogP contribution in [-0.4, -0.2) is 30.2 Å². The molecule has 6 nitrogen and oxygen atoms in total. The van der Waals surface area contributed by atoms with Crippen LogP contribution in [0.4, 0.5) is 11.4 Å². The number of halogens is 1. The Bertz CT molecular complexity index is 873. The van der Waals surface area contributed by atoms with E-state index >= 15 is 0 Å². The molecule has 3 rings (SSSR count). The molecule has 1 aromatic heterocycles. The summed E-state index contributed by atoms with van der Waals surface area (Å²) in [5.74, 6) is 0.734. The lowest BCUT2D eigenvalue weighted by atomic mass is 10.2. The van der Waals surface area contributed by atoms with Crippen LogP contribution >= 0.6 is 11.6 Å². The van der Waals surface area contributed by atoms with Crippen molar-refractivity contribution in [3.8, 4) is 11.5 Å². The molecule has 0 spiro atoms. The van der Waals surface area contributed by atoms with E-state index < -0.39 is 0 Å². The second-order valence-electron chi connectivity index (χ2n) is 6.00. The van der Waals surface area contributed by atoms with Gasteiger partial charge in [0.15, 0.2) is 0 Å². The zero-order valence-electron chi connectivity index (χ0n) is 14.6. The van der Waals surface area contributed by atoms with Crippen molar-refractivity contribution in [1.29, 1.82) is 0 Å². The number of benzene rings is 2. The number of nitrogens with zero attached hydrogens (tertiary/aromatic N) is 3. The van der Waals surface area contributed by atoms with E-state index in [1.807, 2.05) is 55.4 Å². The number of rotatable bonds is 6. The zero-order chi connectivity index (χ0) is 18.5. The standard InChI is InChI=1S/C19H19ClN4O2/c1-24(2)16-9-7-15(8-10-16)21-17(25)11-12-18-22-23-19(26-18)13-3-5-14(20)6-4-13/h3-10H,11-12H2,1-2H3,(H,21,25). The summed E-state index contributed by atoms with van der Waals surface area (Å²) in [7, 11) is 3.94. The number of hydrogen-bond acceptors (Lipinski definition) is 5. The van der Waals surface area contributed by atoms with Gasteiger partial charge >= 0.3 is 0 Å². The summed E-state index contributed by atoms with van der Waals surface area (Å²) in [5.41, 5.74) is 2.62. The van der Waals surface area contributed by atoms with Crippen molar-refractivity contribution in [3.05, 3.63) is 59.4 Å². The SMILES string of the molecule is CN(C)c1ccc(NC(=O)CCc2nnc(-c3ccc(Cl)cc3)o2)cc1. The monoisotopic (exact) mass is 370 g/mol. The molecule has 0 fully saturated rings. The average Bonchev–Trinajstić information content (AvgIpc) is 3.10. The molecule has 0 aliphatic heterocycles. The van der Waals surface area contributed by atoms with E-state index in [0.29, 0.717) is 23.2 Å². The summed E-state index contributed by atoms with van der Waals surface area (Å²) >= 11 is 5.87. The lowest BCUT2D eigenvalue weighted by Gasteiger charge is -2.12. The van der Waals surface area contributed by atoms with E-state index in [0.717, 1.165) is 16.9 Å². The zero-order valence-corrected chi connectivity index (χ0v) is 15.3. The summed E-state index contributed by atoms with van der Waals surface area (Å²) in [4.78, 5) is 14.1. The van der Waals surface area contributed by atoms with Crippen molar-refractivity contribution in [2.75, 3.05) is 24.3 Å². The number of carbonyl (C=O) groups is 1. The number of aryl methyl sites for hydroxylation is 1. The fraction of sp³-hybridized carbons (Fsp3) is 0.211. The van der Waals surface area contributed by atoms with Crippen LogP contribution in [0.25, 0.3) is 11.5 Å². The molecule has 26 heavy (non-hydrogen) atoms. The van der Waals surface area contributed by atoms with E-state index in [2.05, 4.69) is 15.5 Å². The molecule has 0 aliphatic rings. The molecule has 0 atom stereocenters. The molecule has 0 aliphatic carbocycles. The second kappa shape index (κ2) is 8.01. The predicted molar refractivity (Wildman–Crippen MR) is 102 cm³/mol. The minimum Gasteiger partial charge on any atom is -0.421 e. The van der Waals surface area contributed by atoms with Gasteiger partial charge in [0.1, 0.15) is 0 Å². The van der Waals surface area contributed by atoms with Crippen LogP contribution in [0.3, 0.4) is 0 Å². The van der Waals surface area contributed by atoms with Gasteiger partial charge in [0.2, 0.25) is 17.7 Å². The van der Waals surface area contributed by atoms with Gasteiger partial charge in [0, 0.05) is 48.9 Å². The minimum atomic E-state index is -0.103. The first-order chi connectivity index (χ1) is 12.5. The van der Waals surface area contributed by atoms with Crippen LogP contribution in [0, 0.1) is 0 Å². The molecule has 1 heterocycles. The summed E-state index contributed by atoms with van der Waals surface area (Å²) in [6.45, 7) is 0. The van der Waals surface area contributed by atoms with Gasteiger partial charge in [-0.2, -0.15) is 0 Å². The summed E-state index contributed by atoms with van der Waals surface area (Å²) < 4.78 is 5.60. The Kier molecular flexibility index (Phi) is 5.53. The van der Waals surface area contributed by atoms with Crippen molar-refractivity contribution in [2.45, 2.75) is 12.8 Å². The van der Waals surface area contributed by atoms with Crippen LogP contribution in [0.1, 0.15) is 12.3 Å². The Morgan fingerprint density at radius 3 is 2.42 bits per heavy atom. The number of carbonyl (C=O) groups excluding carboxylic acids is 1. The van der Waals surface area contributed by atoms with E-state index in [1.54, 1.807) is 12.1 Å². The molecular weight excluding hydrogens is 352 g/mol. The molecule has 3 aromatic rings. The Labute approximate surface area is 156 Å². The highest BCUT2D eigenvalue weighted by Crippen LogP contribution is 2.21. The molecule has 0 bridgehead atoms. The molecule has 0 saturated heterocycles. The maximum Gasteiger partial charge on any atom is 0.247 e. The Hall–Kier alpha value is -2.86. The smallest absolute Gasteiger partial charge is 0.247 e. The Morgan fingerprint density at radius 1 is 1.08 bits per heavy atom. The molecular formula is C19H19ClN4O2. The molecule has 0 unspecified atom stereocenters. The number of aromatic nitrogens is 2. The first-order valence-electron chi connectivity index (χ1n) is 8.17. The van der Waals surface area contributed by atoms with Gasteiger partial charge in [-0.05, 0) is 48.5 Å². The normalized spacial score (nSPS) is 10.6. The van der Waals surface area contributed by atoms with E-state index in [1.165, 1.54) is 0 Å². The van der Waals surface area contributed by atoms with Gasteiger partial charge in [-0.1, -0.05) is 11.6 Å². The summed E-state index contributed by atoms with van der Waals surface area (Å²) in [6.07, 6.45) is 0.639. The lowest BCUT2D eigenvalue weighted by molar-refractivity contribution is -0.116. The largest absolute Gasteiger partial charge is 0.421 e. The highest BCUT2D eigenvalue weighted by atomic mass is 35.5. The third kappa shape index (κ3) is 4.61. The minimum absolute atomic E-state index is 0.103. The third-order valence-electron chi connectivity index (χ3n) is 3.79. The van der Waals surface area contributed by atoms with Gasteiger partial charge in [0.25, 0.3) is 0 Å².